The van der Waals surface area contributed by atoms with Crippen LogP contribution in [0, 0.1) is 6.92 Å². The molecule has 2 aromatic carbocycles. The van der Waals surface area contributed by atoms with E-state index in [1.807, 2.05) is 0 Å². The Morgan fingerprint density at radius 1 is 1.04 bits per heavy atom. The summed E-state index contributed by atoms with van der Waals surface area (Å²) in [6, 6.07) is 10.3. The number of nitrogens with one attached hydrogen (secondary N) is 1. The Labute approximate surface area is 134 Å². The van der Waals surface area contributed by atoms with Gasteiger partial charge in [-0.1, -0.05) is 24.3 Å². The van der Waals surface area contributed by atoms with E-state index in [0.29, 0.717) is 11.1 Å². The van der Waals surface area contributed by atoms with Gasteiger partial charge in [-0.05, 0) is 37.6 Å². The summed E-state index contributed by atoms with van der Waals surface area (Å²) in [6.07, 6.45) is 0. The second-order valence-electron chi connectivity index (χ2n) is 5.05. The van der Waals surface area contributed by atoms with Crippen LogP contribution in [0.2, 0.25) is 0 Å². The molecule has 0 heterocycles. The molecule has 0 spiro atoms. The summed E-state index contributed by atoms with van der Waals surface area (Å²) in [5, 5.41) is 0. The highest BCUT2D eigenvalue weighted by Crippen LogP contribution is 2.24. The lowest BCUT2D eigenvalue weighted by Gasteiger charge is -2.13. The zero-order chi connectivity index (χ0) is 17.2. The fourth-order valence-corrected chi connectivity index (χ4v) is 3.22. The largest absolute Gasteiger partial charge is 0.366 e. The van der Waals surface area contributed by atoms with Crippen LogP contribution in [-0.2, 0) is 10.0 Å². The Morgan fingerprint density at radius 2 is 1.65 bits per heavy atom. The molecule has 6 nitrogen and oxygen atoms in total. The van der Waals surface area contributed by atoms with Crippen molar-refractivity contribution < 1.29 is 18.0 Å². The first kappa shape index (κ1) is 16.7. The number of Topliss-reactive ketones (excluding diaryl/α,β-unsaturated/α-hetero) is 1. The average Bonchev–Trinajstić information content (AvgIpc) is 2.49. The van der Waals surface area contributed by atoms with Crippen molar-refractivity contribution in [2.75, 3.05) is 4.72 Å². The molecular weight excluding hydrogens is 316 g/mol. The van der Waals surface area contributed by atoms with Gasteiger partial charge in [0.2, 0.25) is 0 Å². The van der Waals surface area contributed by atoms with Gasteiger partial charge >= 0.3 is 0 Å². The van der Waals surface area contributed by atoms with Crippen LogP contribution in [0.25, 0.3) is 0 Å². The number of ketones is 1. The minimum Gasteiger partial charge on any atom is -0.366 e. The third kappa shape index (κ3) is 3.57. The van der Waals surface area contributed by atoms with E-state index in [1.165, 1.54) is 37.3 Å². The van der Waals surface area contributed by atoms with Gasteiger partial charge in [0.05, 0.1) is 16.1 Å². The molecule has 23 heavy (non-hydrogen) atoms. The molecule has 7 heteroatoms. The molecule has 2 rings (SSSR count). The molecule has 120 valence electrons. The van der Waals surface area contributed by atoms with Crippen molar-refractivity contribution in [1.82, 2.24) is 0 Å². The molecule has 3 N–H and O–H groups in total. The lowest BCUT2D eigenvalue weighted by atomic mass is 10.1. The van der Waals surface area contributed by atoms with E-state index in [4.69, 9.17) is 5.73 Å². The predicted octanol–water partition coefficient (Wildman–Crippen LogP) is 2.10. The number of anilines is 1. The van der Waals surface area contributed by atoms with Gasteiger partial charge in [-0.2, -0.15) is 0 Å². The summed E-state index contributed by atoms with van der Waals surface area (Å²) in [4.78, 5) is 22.7. The number of carbonyl (C=O) groups is 2. The number of sulfonamides is 1. The first-order chi connectivity index (χ1) is 10.7. The molecule has 0 bridgehead atoms. The van der Waals surface area contributed by atoms with Gasteiger partial charge in [-0.3, -0.25) is 14.3 Å². The van der Waals surface area contributed by atoms with Crippen molar-refractivity contribution >= 4 is 27.4 Å². The van der Waals surface area contributed by atoms with E-state index < -0.39 is 15.9 Å². The van der Waals surface area contributed by atoms with Gasteiger partial charge in [0.25, 0.3) is 15.9 Å². The lowest BCUT2D eigenvalue weighted by Crippen LogP contribution is -2.19. The first-order valence-corrected chi connectivity index (χ1v) is 8.24. The molecule has 0 fully saturated rings. The van der Waals surface area contributed by atoms with Gasteiger partial charge in [-0.15, -0.1) is 0 Å². The van der Waals surface area contributed by atoms with Crippen LogP contribution in [-0.4, -0.2) is 20.1 Å². The average molecular weight is 332 g/mol. The number of carbonyl (C=O) groups excluding carboxylic acids is 2. The zero-order valence-corrected chi connectivity index (χ0v) is 13.5. The maximum atomic E-state index is 12.5. The fraction of sp³-hybridized carbons (Fsp3) is 0.125. The van der Waals surface area contributed by atoms with Crippen molar-refractivity contribution in [3.63, 3.8) is 0 Å². The highest BCUT2D eigenvalue weighted by molar-refractivity contribution is 7.92. The molecule has 0 aliphatic rings. The minimum absolute atomic E-state index is 0.0128. The van der Waals surface area contributed by atoms with Crippen LogP contribution in [0.15, 0.2) is 47.4 Å². The maximum Gasteiger partial charge on any atom is 0.261 e. The number of hydrogen-bond donors (Lipinski definition) is 2. The fourth-order valence-electron chi connectivity index (χ4n) is 2.07. The van der Waals surface area contributed by atoms with E-state index >= 15 is 0 Å². The predicted molar refractivity (Wildman–Crippen MR) is 87.0 cm³/mol. The number of primary amides is 1. The Bertz CT molecular complexity index is 871. The van der Waals surface area contributed by atoms with E-state index in [9.17, 15) is 18.0 Å². The number of para-hydroxylation sites is 1. The van der Waals surface area contributed by atoms with Gasteiger partial charge in [-0.25, -0.2) is 8.42 Å². The smallest absolute Gasteiger partial charge is 0.261 e. The van der Waals surface area contributed by atoms with Crippen LogP contribution < -0.4 is 10.5 Å². The van der Waals surface area contributed by atoms with E-state index in [0.717, 1.165) is 0 Å². The van der Waals surface area contributed by atoms with Crippen molar-refractivity contribution in [3.05, 3.63) is 59.2 Å². The summed E-state index contributed by atoms with van der Waals surface area (Å²) in [5.74, 6) is -0.879. The molecule has 0 aromatic heterocycles. The van der Waals surface area contributed by atoms with Crippen molar-refractivity contribution in [1.29, 1.82) is 0 Å². The molecule has 0 aliphatic carbocycles. The van der Waals surface area contributed by atoms with E-state index in [-0.39, 0.29) is 21.9 Å². The molecule has 2 aromatic rings. The first-order valence-electron chi connectivity index (χ1n) is 6.75. The van der Waals surface area contributed by atoms with E-state index in [2.05, 4.69) is 4.72 Å². The topological polar surface area (TPSA) is 106 Å². The number of nitrogens with two attached hydrogens (primary N) is 1. The van der Waals surface area contributed by atoms with Crippen LogP contribution >= 0.6 is 0 Å². The molecule has 1 amide bonds. The Kier molecular flexibility index (Phi) is 4.51. The monoisotopic (exact) mass is 332 g/mol. The second kappa shape index (κ2) is 6.21. The van der Waals surface area contributed by atoms with Crippen LogP contribution in [0.5, 0.6) is 0 Å². The van der Waals surface area contributed by atoms with Crippen LogP contribution in [0.3, 0.4) is 0 Å². The summed E-state index contributed by atoms with van der Waals surface area (Å²) in [5.41, 5.74) is 6.51. The highest BCUT2D eigenvalue weighted by atomic mass is 32.2. The van der Waals surface area contributed by atoms with Gasteiger partial charge in [0.15, 0.2) is 5.78 Å². The summed E-state index contributed by atoms with van der Waals surface area (Å²) < 4.78 is 27.3. The highest BCUT2D eigenvalue weighted by Gasteiger charge is 2.19. The molecular formula is C16H16N2O4S. The molecule has 0 saturated carbocycles. The number of hydrogen-bond acceptors (Lipinski definition) is 4. The summed E-state index contributed by atoms with van der Waals surface area (Å²) in [6.45, 7) is 3.07. The van der Waals surface area contributed by atoms with Gasteiger partial charge in [0.1, 0.15) is 0 Å². The quantitative estimate of drug-likeness (QED) is 0.818. The number of benzene rings is 2. The number of rotatable bonds is 5. The number of aryl methyl sites for hydroxylation is 1. The summed E-state index contributed by atoms with van der Waals surface area (Å²) >= 11 is 0. The van der Waals surface area contributed by atoms with Crippen LogP contribution in [0.4, 0.5) is 5.69 Å². The Balaban J connectivity index is 2.43. The molecule has 0 atom stereocenters. The summed E-state index contributed by atoms with van der Waals surface area (Å²) in [7, 11) is -3.90. The molecule has 0 aliphatic heterocycles. The number of amides is 1. The maximum absolute atomic E-state index is 12.5. The third-order valence-corrected chi connectivity index (χ3v) is 4.71. The third-order valence-electron chi connectivity index (χ3n) is 3.35. The molecule has 0 unspecified atom stereocenters. The van der Waals surface area contributed by atoms with Crippen molar-refractivity contribution in [3.8, 4) is 0 Å². The Hall–Kier alpha value is -2.67. The lowest BCUT2D eigenvalue weighted by molar-refractivity contribution is 0.0996. The standard InChI is InChI=1S/C16H16N2O4S/c1-10-4-3-5-14(16(17)20)15(10)18-23(21,22)13-8-6-12(7-9-13)11(2)19/h3-9,18H,1-2H3,(H2,17,20). The van der Waals surface area contributed by atoms with Crippen molar-refractivity contribution in [2.45, 2.75) is 18.7 Å². The normalized spacial score (nSPS) is 11.0. The molecule has 0 saturated heterocycles. The second-order valence-corrected chi connectivity index (χ2v) is 6.73. The minimum atomic E-state index is -3.90. The van der Waals surface area contributed by atoms with E-state index in [1.54, 1.807) is 19.1 Å². The van der Waals surface area contributed by atoms with Crippen molar-refractivity contribution in [2.24, 2.45) is 5.73 Å². The zero-order valence-electron chi connectivity index (χ0n) is 12.7. The van der Waals surface area contributed by atoms with Gasteiger partial charge < -0.3 is 5.73 Å². The van der Waals surface area contributed by atoms with Gasteiger partial charge in [0, 0.05) is 5.56 Å². The SMILES string of the molecule is CC(=O)c1ccc(S(=O)(=O)Nc2c(C)cccc2C(N)=O)cc1. The Morgan fingerprint density at radius 3 is 2.17 bits per heavy atom. The molecule has 0 radical (unpaired) electrons. The van der Waals surface area contributed by atoms with Crippen LogP contribution in [0.1, 0.15) is 33.2 Å².